The molecule has 160 valence electrons. The van der Waals surface area contributed by atoms with Crippen molar-refractivity contribution < 1.29 is 4.39 Å². The topological polar surface area (TPSA) is 34.1 Å². The number of guanidine groups is 1. The Kier molecular flexibility index (Phi) is 9.81. The molecule has 0 saturated carbocycles. The molecule has 1 N–H and O–H groups in total. The second-order valence-corrected chi connectivity index (χ2v) is 8.44. The molecule has 0 amide bonds. The number of piperazine rings is 1. The van der Waals surface area contributed by atoms with Gasteiger partial charge in [-0.2, -0.15) is 0 Å². The van der Waals surface area contributed by atoms with E-state index in [1.54, 1.807) is 6.07 Å². The SMILES string of the molecule is CN=C(NCc1ccc(F)c(CN(C)C)c1)N1CCN(Cc2cccs2)CC1.I. The zero-order chi connectivity index (χ0) is 19.9. The number of hydrogen-bond donors (Lipinski definition) is 1. The standard InChI is InChI=1S/C21H30FN5S.HI/c1-23-21(24-14-17-6-7-20(22)18(13-17)15-25(2)3)27-10-8-26(9-11-27)16-19-5-4-12-28-19;/h4-7,12-13H,8-11,14-16H2,1-3H3,(H,23,24);1H. The molecule has 5 nitrogen and oxygen atoms in total. The minimum Gasteiger partial charge on any atom is -0.352 e. The molecule has 1 aromatic heterocycles. The van der Waals surface area contributed by atoms with E-state index in [0.29, 0.717) is 13.1 Å². The fourth-order valence-electron chi connectivity index (χ4n) is 3.45. The first-order valence-corrected chi connectivity index (χ1v) is 10.6. The van der Waals surface area contributed by atoms with E-state index in [1.807, 2.05) is 49.5 Å². The van der Waals surface area contributed by atoms with E-state index in [1.165, 1.54) is 4.88 Å². The van der Waals surface area contributed by atoms with Gasteiger partial charge >= 0.3 is 0 Å². The average Bonchev–Trinajstić information content (AvgIpc) is 3.18. The lowest BCUT2D eigenvalue weighted by Gasteiger charge is -2.36. The molecule has 8 heteroatoms. The first-order valence-electron chi connectivity index (χ1n) is 9.67. The van der Waals surface area contributed by atoms with E-state index >= 15 is 0 Å². The van der Waals surface area contributed by atoms with Crippen LogP contribution in [-0.4, -0.2) is 68.0 Å². The smallest absolute Gasteiger partial charge is 0.194 e. The van der Waals surface area contributed by atoms with Gasteiger partial charge in [0, 0.05) is 63.3 Å². The summed E-state index contributed by atoms with van der Waals surface area (Å²) in [6, 6.07) is 9.65. The van der Waals surface area contributed by atoms with E-state index < -0.39 is 0 Å². The van der Waals surface area contributed by atoms with Gasteiger partial charge in [-0.1, -0.05) is 12.1 Å². The Morgan fingerprint density at radius 3 is 2.59 bits per heavy atom. The van der Waals surface area contributed by atoms with Gasteiger partial charge in [0.1, 0.15) is 5.82 Å². The molecule has 1 aliphatic rings. The van der Waals surface area contributed by atoms with Gasteiger partial charge < -0.3 is 15.1 Å². The van der Waals surface area contributed by atoms with Crippen molar-refractivity contribution in [2.75, 3.05) is 47.3 Å². The maximum absolute atomic E-state index is 14.0. The van der Waals surface area contributed by atoms with E-state index in [-0.39, 0.29) is 29.8 Å². The minimum atomic E-state index is -0.149. The van der Waals surface area contributed by atoms with Gasteiger partial charge in [0.25, 0.3) is 0 Å². The highest BCUT2D eigenvalue weighted by Crippen LogP contribution is 2.14. The molecule has 1 fully saturated rings. The Morgan fingerprint density at radius 1 is 1.21 bits per heavy atom. The van der Waals surface area contributed by atoms with Crippen LogP contribution in [0.4, 0.5) is 4.39 Å². The van der Waals surface area contributed by atoms with Crippen molar-refractivity contribution in [2.24, 2.45) is 4.99 Å². The quantitative estimate of drug-likeness (QED) is 0.352. The Morgan fingerprint density at radius 2 is 1.97 bits per heavy atom. The summed E-state index contributed by atoms with van der Waals surface area (Å²) in [4.78, 5) is 12.6. The summed E-state index contributed by atoms with van der Waals surface area (Å²) < 4.78 is 14.0. The maximum Gasteiger partial charge on any atom is 0.194 e. The van der Waals surface area contributed by atoms with Gasteiger partial charge in [-0.15, -0.1) is 35.3 Å². The molecule has 0 atom stereocenters. The van der Waals surface area contributed by atoms with Crippen LogP contribution in [0.3, 0.4) is 0 Å². The zero-order valence-corrected chi connectivity index (χ0v) is 20.5. The van der Waals surface area contributed by atoms with Crippen LogP contribution in [-0.2, 0) is 19.6 Å². The third-order valence-corrected chi connectivity index (χ3v) is 5.75. The lowest BCUT2D eigenvalue weighted by molar-refractivity contribution is 0.173. The summed E-state index contributed by atoms with van der Waals surface area (Å²) in [5.41, 5.74) is 1.79. The van der Waals surface area contributed by atoms with Crippen LogP contribution in [0.2, 0.25) is 0 Å². The highest BCUT2D eigenvalue weighted by Gasteiger charge is 2.19. The van der Waals surface area contributed by atoms with Gasteiger partial charge in [0.05, 0.1) is 0 Å². The predicted octanol–water partition coefficient (Wildman–Crippen LogP) is 3.46. The summed E-state index contributed by atoms with van der Waals surface area (Å²) >= 11 is 1.82. The minimum absolute atomic E-state index is 0. The van der Waals surface area contributed by atoms with Gasteiger partial charge in [-0.05, 0) is 43.2 Å². The average molecular weight is 531 g/mol. The van der Waals surface area contributed by atoms with Gasteiger partial charge in [0.15, 0.2) is 5.96 Å². The van der Waals surface area contributed by atoms with Crippen LogP contribution >= 0.6 is 35.3 Å². The molecule has 1 aliphatic heterocycles. The molecule has 3 rings (SSSR count). The van der Waals surface area contributed by atoms with Crippen LogP contribution < -0.4 is 5.32 Å². The molecule has 1 saturated heterocycles. The van der Waals surface area contributed by atoms with Crippen LogP contribution in [0.15, 0.2) is 40.7 Å². The fourth-order valence-corrected chi connectivity index (χ4v) is 4.20. The van der Waals surface area contributed by atoms with Crippen molar-refractivity contribution in [3.8, 4) is 0 Å². The van der Waals surface area contributed by atoms with Crippen molar-refractivity contribution in [3.63, 3.8) is 0 Å². The lowest BCUT2D eigenvalue weighted by Crippen LogP contribution is -2.51. The lowest BCUT2D eigenvalue weighted by atomic mass is 10.1. The number of aliphatic imine (C=N–C) groups is 1. The molecule has 0 spiro atoms. The van der Waals surface area contributed by atoms with Gasteiger partial charge in [-0.3, -0.25) is 9.89 Å². The monoisotopic (exact) mass is 531 g/mol. The number of benzene rings is 1. The first kappa shape index (κ1) is 24.0. The maximum atomic E-state index is 14.0. The van der Waals surface area contributed by atoms with E-state index in [9.17, 15) is 4.39 Å². The molecule has 2 heterocycles. The van der Waals surface area contributed by atoms with E-state index in [4.69, 9.17) is 0 Å². The number of nitrogens with one attached hydrogen (secondary N) is 1. The molecule has 0 bridgehead atoms. The summed E-state index contributed by atoms with van der Waals surface area (Å²) in [6.45, 7) is 6.25. The van der Waals surface area contributed by atoms with E-state index in [2.05, 4.69) is 37.6 Å². The van der Waals surface area contributed by atoms with Crippen molar-refractivity contribution in [2.45, 2.75) is 19.6 Å². The number of thiophene rings is 1. The second-order valence-electron chi connectivity index (χ2n) is 7.41. The third kappa shape index (κ3) is 7.20. The van der Waals surface area contributed by atoms with Crippen LogP contribution in [0.1, 0.15) is 16.0 Å². The first-order chi connectivity index (χ1) is 13.5. The Bertz CT molecular complexity index is 773. The zero-order valence-electron chi connectivity index (χ0n) is 17.4. The van der Waals surface area contributed by atoms with Crippen molar-refractivity contribution in [3.05, 3.63) is 57.5 Å². The molecule has 2 aromatic rings. The van der Waals surface area contributed by atoms with Gasteiger partial charge in [0.2, 0.25) is 0 Å². The number of hydrogen-bond acceptors (Lipinski definition) is 4. The van der Waals surface area contributed by atoms with E-state index in [0.717, 1.165) is 49.8 Å². The highest BCUT2D eigenvalue weighted by atomic mass is 127. The summed E-state index contributed by atoms with van der Waals surface area (Å²) in [6.07, 6.45) is 0. The van der Waals surface area contributed by atoms with Crippen molar-refractivity contribution in [1.82, 2.24) is 20.0 Å². The predicted molar refractivity (Wildman–Crippen MR) is 131 cm³/mol. The van der Waals surface area contributed by atoms with Crippen LogP contribution in [0.5, 0.6) is 0 Å². The Labute approximate surface area is 194 Å². The van der Waals surface area contributed by atoms with Crippen LogP contribution in [0.25, 0.3) is 0 Å². The summed E-state index contributed by atoms with van der Waals surface area (Å²) in [5, 5.41) is 5.57. The van der Waals surface area contributed by atoms with Gasteiger partial charge in [-0.25, -0.2) is 4.39 Å². The third-order valence-electron chi connectivity index (χ3n) is 4.89. The second kappa shape index (κ2) is 11.8. The molecule has 29 heavy (non-hydrogen) atoms. The molecule has 0 aliphatic carbocycles. The fraction of sp³-hybridized carbons (Fsp3) is 0.476. The Balaban J connectivity index is 0.00000300. The largest absolute Gasteiger partial charge is 0.352 e. The molecule has 0 radical (unpaired) electrons. The molecule has 0 unspecified atom stereocenters. The number of halogens is 2. The number of rotatable bonds is 6. The summed E-state index contributed by atoms with van der Waals surface area (Å²) in [7, 11) is 5.72. The Hall–Kier alpha value is -1.23. The molecular weight excluding hydrogens is 500 g/mol. The number of nitrogens with zero attached hydrogens (tertiary/aromatic N) is 4. The van der Waals surface area contributed by atoms with Crippen molar-refractivity contribution in [1.29, 1.82) is 0 Å². The molecule has 1 aromatic carbocycles. The molecular formula is C21H31FIN5S. The highest BCUT2D eigenvalue weighted by molar-refractivity contribution is 14.0. The van der Waals surface area contributed by atoms with Crippen molar-refractivity contribution >= 4 is 41.3 Å². The van der Waals surface area contributed by atoms with Crippen LogP contribution in [0, 0.1) is 5.82 Å². The normalized spacial score (nSPS) is 15.5. The summed E-state index contributed by atoms with van der Waals surface area (Å²) in [5.74, 6) is 0.762.